The summed E-state index contributed by atoms with van der Waals surface area (Å²) in [6, 6.07) is -0.433. The van der Waals surface area contributed by atoms with Gasteiger partial charge in [-0.05, 0) is 20.6 Å². The third-order valence-corrected chi connectivity index (χ3v) is 2.77. The molecule has 0 amide bonds. The van der Waals surface area contributed by atoms with Crippen molar-refractivity contribution in [2.24, 2.45) is 4.99 Å². The van der Waals surface area contributed by atoms with E-state index in [9.17, 15) is 4.79 Å². The van der Waals surface area contributed by atoms with E-state index >= 15 is 0 Å². The molecule has 7 heteroatoms. The molecule has 1 atom stereocenters. The average molecular weight is 280 g/mol. The zero-order valence-corrected chi connectivity index (χ0v) is 11.9. The van der Waals surface area contributed by atoms with E-state index in [1.165, 1.54) is 0 Å². The topological polar surface area (TPSA) is 95.8 Å². The van der Waals surface area contributed by atoms with E-state index in [1.54, 1.807) is 27.0 Å². The quantitative estimate of drug-likeness (QED) is 0.279. The van der Waals surface area contributed by atoms with Crippen LogP contribution in [0.25, 0.3) is 0 Å². The van der Waals surface area contributed by atoms with Crippen LogP contribution in [0.1, 0.15) is 20.3 Å². The normalized spacial score (nSPS) is 20.1. The van der Waals surface area contributed by atoms with Crippen molar-refractivity contribution in [3.8, 4) is 0 Å². The molecule has 0 aromatic rings. The molecule has 0 aliphatic carbocycles. The highest BCUT2D eigenvalue weighted by Crippen LogP contribution is 2.12. The summed E-state index contributed by atoms with van der Waals surface area (Å²) in [4.78, 5) is 20.3. The summed E-state index contributed by atoms with van der Waals surface area (Å²) in [7, 11) is 1.63. The molecule has 0 aromatic carbocycles. The first kappa shape index (κ1) is 15.9. The number of nitrogens with zero attached hydrogens (tertiary/aromatic N) is 1. The van der Waals surface area contributed by atoms with E-state index in [4.69, 9.17) is 15.0 Å². The zero-order valence-electron chi connectivity index (χ0n) is 11.9. The molecule has 1 aliphatic heterocycles. The van der Waals surface area contributed by atoms with Crippen LogP contribution in [-0.4, -0.2) is 38.1 Å². The summed E-state index contributed by atoms with van der Waals surface area (Å²) < 4.78 is 4.87. The summed E-state index contributed by atoms with van der Waals surface area (Å²) in [5.74, 6) is 0.628. The first-order valence-electron chi connectivity index (χ1n) is 6.21. The predicted octanol–water partition coefficient (Wildman–Crippen LogP) is 0.898. The lowest BCUT2D eigenvalue weighted by molar-refractivity contribution is -0.139. The van der Waals surface area contributed by atoms with Gasteiger partial charge >= 0.3 is 5.97 Å². The minimum atomic E-state index is -0.433. The van der Waals surface area contributed by atoms with Crippen molar-refractivity contribution in [2.45, 2.75) is 26.3 Å². The molecule has 1 saturated heterocycles. The SMILES string of the molecule is C=N/C(N[C@H]1CCOC1=O)=C(/C)C(=N)/C=C(\C)ONC. The number of ether oxygens (including phenoxy) is 1. The van der Waals surface area contributed by atoms with E-state index in [0.29, 0.717) is 30.2 Å². The number of allylic oxidation sites excluding steroid dienone is 3. The number of carbonyl (C=O) groups excluding carboxylic acids is 1. The van der Waals surface area contributed by atoms with E-state index in [-0.39, 0.29) is 11.7 Å². The number of rotatable bonds is 7. The van der Waals surface area contributed by atoms with Crippen LogP contribution in [0.3, 0.4) is 0 Å². The molecule has 20 heavy (non-hydrogen) atoms. The number of carbonyl (C=O) groups is 1. The molecule has 110 valence electrons. The van der Waals surface area contributed by atoms with Crippen LogP contribution in [0.4, 0.5) is 0 Å². The van der Waals surface area contributed by atoms with Crippen molar-refractivity contribution < 1.29 is 14.4 Å². The molecule has 7 nitrogen and oxygen atoms in total. The van der Waals surface area contributed by atoms with Crippen molar-refractivity contribution in [3.63, 3.8) is 0 Å². The van der Waals surface area contributed by atoms with Gasteiger partial charge in [0.25, 0.3) is 0 Å². The van der Waals surface area contributed by atoms with Gasteiger partial charge in [-0.1, -0.05) is 0 Å². The Labute approximate surface area is 118 Å². The smallest absolute Gasteiger partial charge is 0.328 e. The number of cyclic esters (lactones) is 1. The second kappa shape index (κ2) is 7.44. The minimum Gasteiger partial charge on any atom is -0.464 e. The molecule has 0 radical (unpaired) electrons. The maximum Gasteiger partial charge on any atom is 0.328 e. The standard InChI is InChI=1S/C13H20N4O3/c1-8(20-16-4)7-10(14)9(2)12(15-3)17-11-5-6-19-13(11)18/h7,11,14,16-17H,3,5-6H2,1-2,4H3/b8-7+,12-9+,14-10?/t11-/m0/s1. The summed E-state index contributed by atoms with van der Waals surface area (Å²) in [5.41, 5.74) is 3.32. The fourth-order valence-corrected chi connectivity index (χ4v) is 1.69. The highest BCUT2D eigenvalue weighted by atomic mass is 16.6. The zero-order chi connectivity index (χ0) is 15.1. The molecule has 3 N–H and O–H groups in total. The lowest BCUT2D eigenvalue weighted by Gasteiger charge is -2.13. The van der Waals surface area contributed by atoms with E-state index in [0.717, 1.165) is 0 Å². The number of hydrogen-bond donors (Lipinski definition) is 3. The fourth-order valence-electron chi connectivity index (χ4n) is 1.69. The van der Waals surface area contributed by atoms with Crippen LogP contribution in [-0.2, 0) is 14.4 Å². The molecule has 0 aromatic heterocycles. The van der Waals surface area contributed by atoms with Crippen LogP contribution in [0.15, 0.2) is 28.2 Å². The monoisotopic (exact) mass is 280 g/mol. The van der Waals surface area contributed by atoms with E-state index in [1.807, 2.05) is 0 Å². The van der Waals surface area contributed by atoms with Gasteiger partial charge in [0.2, 0.25) is 0 Å². The second-order valence-corrected chi connectivity index (χ2v) is 4.26. The third kappa shape index (κ3) is 4.20. The molecule has 1 fully saturated rings. The molecule has 0 saturated carbocycles. The maximum absolute atomic E-state index is 11.4. The highest BCUT2D eigenvalue weighted by molar-refractivity contribution is 6.06. The molecule has 1 heterocycles. The summed E-state index contributed by atoms with van der Waals surface area (Å²) >= 11 is 0. The molecular weight excluding hydrogens is 260 g/mol. The number of esters is 1. The largest absolute Gasteiger partial charge is 0.464 e. The van der Waals surface area contributed by atoms with Crippen LogP contribution >= 0.6 is 0 Å². The molecule has 0 bridgehead atoms. The molecule has 0 unspecified atom stereocenters. The Balaban J connectivity index is 2.83. The predicted molar refractivity (Wildman–Crippen MR) is 76.4 cm³/mol. The third-order valence-electron chi connectivity index (χ3n) is 2.77. The molecular formula is C13H20N4O3. The Kier molecular flexibility index (Phi) is 5.92. The van der Waals surface area contributed by atoms with Crippen molar-refractivity contribution in [1.82, 2.24) is 10.8 Å². The minimum absolute atomic E-state index is 0.221. The van der Waals surface area contributed by atoms with Gasteiger partial charge in [0.1, 0.15) is 17.6 Å². The molecule has 1 aliphatic rings. The Morgan fingerprint density at radius 2 is 2.30 bits per heavy atom. The van der Waals surface area contributed by atoms with Gasteiger partial charge in [0, 0.05) is 25.1 Å². The number of hydrogen-bond acceptors (Lipinski definition) is 7. The summed E-state index contributed by atoms with van der Waals surface area (Å²) in [6.07, 6.45) is 2.13. The van der Waals surface area contributed by atoms with Gasteiger partial charge in [0.05, 0.1) is 12.3 Å². The van der Waals surface area contributed by atoms with Gasteiger partial charge in [-0.25, -0.2) is 9.79 Å². The van der Waals surface area contributed by atoms with Crippen LogP contribution in [0, 0.1) is 5.41 Å². The first-order valence-corrected chi connectivity index (χ1v) is 6.21. The number of hydroxylamine groups is 1. The Bertz CT molecular complexity index is 468. The Hall–Kier alpha value is -2.15. The lowest BCUT2D eigenvalue weighted by atomic mass is 10.1. The van der Waals surface area contributed by atoms with Crippen LogP contribution in [0.2, 0.25) is 0 Å². The number of aliphatic imine (C=N–C) groups is 1. The lowest BCUT2D eigenvalue weighted by Crippen LogP contribution is -2.33. The number of nitrogens with one attached hydrogen (secondary N) is 3. The van der Waals surface area contributed by atoms with E-state index in [2.05, 4.69) is 22.5 Å². The second-order valence-electron chi connectivity index (χ2n) is 4.26. The van der Waals surface area contributed by atoms with Crippen molar-refractivity contribution >= 4 is 18.4 Å². The van der Waals surface area contributed by atoms with Gasteiger partial charge in [-0.3, -0.25) is 0 Å². The van der Waals surface area contributed by atoms with Gasteiger partial charge in [-0.2, -0.15) is 5.48 Å². The van der Waals surface area contributed by atoms with Crippen molar-refractivity contribution in [3.05, 3.63) is 23.2 Å². The van der Waals surface area contributed by atoms with Crippen molar-refractivity contribution in [2.75, 3.05) is 13.7 Å². The summed E-state index contributed by atoms with van der Waals surface area (Å²) in [6.45, 7) is 7.31. The molecule has 1 rings (SSSR count). The molecule has 0 spiro atoms. The van der Waals surface area contributed by atoms with Gasteiger partial charge in [-0.15, -0.1) is 0 Å². The summed E-state index contributed by atoms with van der Waals surface area (Å²) in [5, 5.41) is 10.9. The first-order chi connectivity index (χ1) is 9.49. The fraction of sp³-hybridized carbons (Fsp3) is 0.462. The Morgan fingerprint density at radius 3 is 2.80 bits per heavy atom. The maximum atomic E-state index is 11.4. The van der Waals surface area contributed by atoms with Gasteiger partial charge < -0.3 is 20.3 Å². The van der Waals surface area contributed by atoms with Gasteiger partial charge in [0.15, 0.2) is 0 Å². The Morgan fingerprint density at radius 1 is 1.60 bits per heavy atom. The van der Waals surface area contributed by atoms with Crippen LogP contribution < -0.4 is 10.8 Å². The van der Waals surface area contributed by atoms with Crippen LogP contribution in [0.5, 0.6) is 0 Å². The van der Waals surface area contributed by atoms with Crippen molar-refractivity contribution in [1.29, 1.82) is 5.41 Å². The average Bonchev–Trinajstić information content (AvgIpc) is 2.80. The highest BCUT2D eigenvalue weighted by Gasteiger charge is 2.27. The van der Waals surface area contributed by atoms with E-state index < -0.39 is 6.04 Å².